The second-order valence-corrected chi connectivity index (χ2v) is 4.28. The lowest BCUT2D eigenvalue weighted by molar-refractivity contribution is -0.116. The first-order chi connectivity index (χ1) is 7.72. The van der Waals surface area contributed by atoms with Crippen molar-refractivity contribution in [3.05, 3.63) is 29.3 Å². The van der Waals surface area contributed by atoms with E-state index in [9.17, 15) is 4.79 Å². The Hall–Kier alpha value is -1.35. The maximum atomic E-state index is 11.5. The fourth-order valence-electron chi connectivity index (χ4n) is 2.30. The number of aryl methyl sites for hydroxylation is 1. The van der Waals surface area contributed by atoms with Gasteiger partial charge in [0.1, 0.15) is 0 Å². The van der Waals surface area contributed by atoms with Gasteiger partial charge in [-0.3, -0.25) is 4.79 Å². The summed E-state index contributed by atoms with van der Waals surface area (Å²) in [6.07, 6.45) is 3.03. The predicted molar refractivity (Wildman–Crippen MR) is 65.5 cm³/mol. The molecule has 0 atom stereocenters. The topological polar surface area (TPSA) is 46.3 Å². The molecule has 0 saturated carbocycles. The van der Waals surface area contributed by atoms with Crippen LogP contribution in [0.1, 0.15) is 24.5 Å². The first-order valence-electron chi connectivity index (χ1n) is 5.82. The van der Waals surface area contributed by atoms with E-state index in [4.69, 9.17) is 5.73 Å². The van der Waals surface area contributed by atoms with Crippen LogP contribution in [-0.4, -0.2) is 19.0 Å². The Kier molecular flexibility index (Phi) is 3.25. The van der Waals surface area contributed by atoms with Gasteiger partial charge >= 0.3 is 0 Å². The number of amides is 1. The van der Waals surface area contributed by atoms with Crippen LogP contribution in [0.25, 0.3) is 0 Å². The van der Waals surface area contributed by atoms with Gasteiger partial charge in [-0.2, -0.15) is 0 Å². The zero-order chi connectivity index (χ0) is 11.5. The second kappa shape index (κ2) is 4.66. The number of rotatable bonds is 2. The third kappa shape index (κ3) is 2.09. The average Bonchev–Trinajstić information content (AvgIpc) is 2.28. The van der Waals surface area contributed by atoms with Gasteiger partial charge in [-0.1, -0.05) is 12.1 Å². The van der Waals surface area contributed by atoms with Gasteiger partial charge in [0.05, 0.1) is 0 Å². The summed E-state index contributed by atoms with van der Waals surface area (Å²) in [5.74, 6) is 0.132. The molecule has 1 aliphatic heterocycles. The lowest BCUT2D eigenvalue weighted by Gasteiger charge is -2.28. The van der Waals surface area contributed by atoms with Crippen LogP contribution in [0.3, 0.4) is 0 Å². The minimum Gasteiger partial charge on any atom is -0.330 e. The first-order valence-corrected chi connectivity index (χ1v) is 5.82. The van der Waals surface area contributed by atoms with Crippen molar-refractivity contribution < 1.29 is 4.79 Å². The summed E-state index contributed by atoms with van der Waals surface area (Å²) in [6.45, 7) is 3.15. The summed E-state index contributed by atoms with van der Waals surface area (Å²) in [7, 11) is 0. The SMILES string of the molecule is CC(=O)N1CCCc2cc(CCN)ccc21. The van der Waals surface area contributed by atoms with E-state index < -0.39 is 0 Å². The van der Waals surface area contributed by atoms with Crippen molar-refractivity contribution in [2.24, 2.45) is 5.73 Å². The molecule has 1 amide bonds. The summed E-state index contributed by atoms with van der Waals surface area (Å²) in [4.78, 5) is 13.3. The Bertz CT molecular complexity index is 401. The molecule has 0 radical (unpaired) electrons. The Balaban J connectivity index is 2.33. The highest BCUT2D eigenvalue weighted by Gasteiger charge is 2.19. The maximum absolute atomic E-state index is 11.5. The van der Waals surface area contributed by atoms with Crippen molar-refractivity contribution in [1.82, 2.24) is 0 Å². The molecule has 0 bridgehead atoms. The van der Waals surface area contributed by atoms with E-state index in [0.717, 1.165) is 31.5 Å². The fraction of sp³-hybridized carbons (Fsp3) is 0.462. The number of hydrogen-bond acceptors (Lipinski definition) is 2. The molecule has 1 aromatic carbocycles. The highest BCUT2D eigenvalue weighted by molar-refractivity contribution is 5.92. The van der Waals surface area contributed by atoms with Crippen LogP contribution < -0.4 is 10.6 Å². The molecule has 0 saturated heterocycles. The number of hydrogen-bond donors (Lipinski definition) is 1. The molecule has 0 spiro atoms. The maximum Gasteiger partial charge on any atom is 0.223 e. The van der Waals surface area contributed by atoms with Crippen LogP contribution in [-0.2, 0) is 17.6 Å². The zero-order valence-electron chi connectivity index (χ0n) is 9.70. The molecular formula is C13H18N2O. The summed E-state index contributed by atoms with van der Waals surface area (Å²) < 4.78 is 0. The number of carbonyl (C=O) groups excluding carboxylic acids is 1. The van der Waals surface area contributed by atoms with E-state index in [1.807, 2.05) is 4.90 Å². The van der Waals surface area contributed by atoms with Crippen LogP contribution in [0.4, 0.5) is 5.69 Å². The van der Waals surface area contributed by atoms with Crippen molar-refractivity contribution in [3.63, 3.8) is 0 Å². The number of nitrogens with two attached hydrogens (primary N) is 1. The number of carbonyl (C=O) groups is 1. The standard InChI is InChI=1S/C13H18N2O/c1-10(16)15-8-2-3-12-9-11(6-7-14)4-5-13(12)15/h4-5,9H,2-3,6-8,14H2,1H3. The van der Waals surface area contributed by atoms with E-state index in [2.05, 4.69) is 18.2 Å². The fourth-order valence-corrected chi connectivity index (χ4v) is 2.30. The Morgan fingerprint density at radius 2 is 2.31 bits per heavy atom. The molecule has 0 aromatic heterocycles. The normalized spacial score (nSPS) is 14.8. The zero-order valence-corrected chi connectivity index (χ0v) is 9.70. The van der Waals surface area contributed by atoms with Crippen LogP contribution in [0, 0.1) is 0 Å². The van der Waals surface area contributed by atoms with Gasteiger partial charge in [-0.05, 0) is 43.0 Å². The van der Waals surface area contributed by atoms with Gasteiger partial charge in [-0.15, -0.1) is 0 Å². The third-order valence-electron chi connectivity index (χ3n) is 3.08. The summed E-state index contributed by atoms with van der Waals surface area (Å²) in [5.41, 5.74) is 9.19. The number of nitrogens with zero attached hydrogens (tertiary/aromatic N) is 1. The summed E-state index contributed by atoms with van der Waals surface area (Å²) in [6, 6.07) is 6.32. The Labute approximate surface area is 96.2 Å². The quantitative estimate of drug-likeness (QED) is 0.817. The number of benzene rings is 1. The Morgan fingerprint density at radius 1 is 1.50 bits per heavy atom. The summed E-state index contributed by atoms with van der Waals surface area (Å²) >= 11 is 0. The molecule has 86 valence electrons. The van der Waals surface area contributed by atoms with Crippen molar-refractivity contribution in [2.45, 2.75) is 26.2 Å². The lowest BCUT2D eigenvalue weighted by Crippen LogP contribution is -2.33. The lowest BCUT2D eigenvalue weighted by atomic mass is 9.98. The molecule has 1 aliphatic rings. The minimum absolute atomic E-state index is 0.132. The number of anilines is 1. The van der Waals surface area contributed by atoms with Crippen LogP contribution in [0.5, 0.6) is 0 Å². The van der Waals surface area contributed by atoms with E-state index >= 15 is 0 Å². The number of fused-ring (bicyclic) bond motifs is 1. The molecule has 0 aliphatic carbocycles. The average molecular weight is 218 g/mol. The van der Waals surface area contributed by atoms with Crippen molar-refractivity contribution >= 4 is 11.6 Å². The molecule has 3 heteroatoms. The molecule has 1 aromatic rings. The van der Waals surface area contributed by atoms with E-state index in [1.54, 1.807) is 6.92 Å². The van der Waals surface area contributed by atoms with Gasteiger partial charge in [-0.25, -0.2) is 0 Å². The second-order valence-electron chi connectivity index (χ2n) is 4.28. The predicted octanol–water partition coefficient (Wildman–Crippen LogP) is 1.49. The van der Waals surface area contributed by atoms with Gasteiger partial charge in [0.15, 0.2) is 0 Å². The molecule has 16 heavy (non-hydrogen) atoms. The molecular weight excluding hydrogens is 200 g/mol. The van der Waals surface area contributed by atoms with Crippen LogP contribution in [0.15, 0.2) is 18.2 Å². The summed E-state index contributed by atoms with van der Waals surface area (Å²) in [5, 5.41) is 0. The highest BCUT2D eigenvalue weighted by atomic mass is 16.2. The largest absolute Gasteiger partial charge is 0.330 e. The van der Waals surface area contributed by atoms with Crippen LogP contribution in [0.2, 0.25) is 0 Å². The van der Waals surface area contributed by atoms with Gasteiger partial charge < -0.3 is 10.6 Å². The molecule has 3 nitrogen and oxygen atoms in total. The van der Waals surface area contributed by atoms with Crippen molar-refractivity contribution in [1.29, 1.82) is 0 Å². The molecule has 0 unspecified atom stereocenters. The molecule has 1 heterocycles. The Morgan fingerprint density at radius 3 is 3.00 bits per heavy atom. The van der Waals surface area contributed by atoms with E-state index in [0.29, 0.717) is 6.54 Å². The molecule has 2 rings (SSSR count). The van der Waals surface area contributed by atoms with Gasteiger partial charge in [0, 0.05) is 19.2 Å². The highest BCUT2D eigenvalue weighted by Crippen LogP contribution is 2.28. The van der Waals surface area contributed by atoms with Crippen LogP contribution >= 0.6 is 0 Å². The monoisotopic (exact) mass is 218 g/mol. The van der Waals surface area contributed by atoms with Gasteiger partial charge in [0.25, 0.3) is 0 Å². The van der Waals surface area contributed by atoms with E-state index in [1.165, 1.54) is 11.1 Å². The van der Waals surface area contributed by atoms with E-state index in [-0.39, 0.29) is 5.91 Å². The first kappa shape index (κ1) is 11.1. The smallest absolute Gasteiger partial charge is 0.223 e. The third-order valence-corrected chi connectivity index (χ3v) is 3.08. The molecule has 0 fully saturated rings. The molecule has 2 N–H and O–H groups in total. The van der Waals surface area contributed by atoms with Crippen molar-refractivity contribution in [3.8, 4) is 0 Å². The van der Waals surface area contributed by atoms with Crippen molar-refractivity contribution in [2.75, 3.05) is 18.0 Å². The van der Waals surface area contributed by atoms with Gasteiger partial charge in [0.2, 0.25) is 5.91 Å². The minimum atomic E-state index is 0.132.